The number of hydrogen-bond acceptors (Lipinski definition) is 7. The van der Waals surface area contributed by atoms with Crippen molar-refractivity contribution in [2.75, 3.05) is 48.2 Å². The molecule has 0 spiro atoms. The summed E-state index contributed by atoms with van der Waals surface area (Å²) in [5.74, 6) is 0.899. The number of para-hydroxylation sites is 2. The van der Waals surface area contributed by atoms with Crippen LogP contribution in [0.25, 0.3) is 0 Å². The van der Waals surface area contributed by atoms with Crippen molar-refractivity contribution in [1.82, 2.24) is 0 Å². The topological polar surface area (TPSA) is 57.6 Å². The average molecular weight is 491 g/mol. The lowest BCUT2D eigenvalue weighted by Crippen LogP contribution is -2.38. The van der Waals surface area contributed by atoms with E-state index in [0.717, 1.165) is 35.7 Å². The lowest BCUT2D eigenvalue weighted by Gasteiger charge is -2.34. The summed E-state index contributed by atoms with van der Waals surface area (Å²) in [4.78, 5) is 17.0. The van der Waals surface area contributed by atoms with Crippen molar-refractivity contribution >= 4 is 40.3 Å². The molecule has 2 aliphatic heterocycles. The Kier molecular flexibility index (Phi) is 6.61. The molecule has 0 radical (unpaired) electrons. The van der Waals surface area contributed by atoms with Crippen molar-refractivity contribution in [1.29, 1.82) is 0 Å². The molecule has 3 aromatic rings. The van der Waals surface area contributed by atoms with Crippen molar-refractivity contribution in [3.05, 3.63) is 83.4 Å². The molecule has 35 heavy (non-hydrogen) atoms. The van der Waals surface area contributed by atoms with Gasteiger partial charge in [0.15, 0.2) is 17.8 Å². The second-order valence-electron chi connectivity index (χ2n) is 8.38. The Morgan fingerprint density at radius 2 is 1.71 bits per heavy atom. The van der Waals surface area contributed by atoms with Gasteiger partial charge >= 0.3 is 0 Å². The first-order chi connectivity index (χ1) is 17.1. The maximum absolute atomic E-state index is 12.9. The number of nitrogens with zero attached hydrogens (tertiary/aromatic N) is 4. The number of methoxy groups -OCH3 is 1. The van der Waals surface area contributed by atoms with Gasteiger partial charge in [-0.1, -0.05) is 48.0 Å². The van der Waals surface area contributed by atoms with E-state index in [-0.39, 0.29) is 5.78 Å². The van der Waals surface area contributed by atoms with Crippen molar-refractivity contribution < 1.29 is 14.3 Å². The molecule has 0 unspecified atom stereocenters. The molecule has 0 amide bonds. The molecule has 0 bridgehead atoms. The highest BCUT2D eigenvalue weighted by Crippen LogP contribution is 2.43. The third-order valence-electron chi connectivity index (χ3n) is 6.22. The molecule has 1 atom stereocenters. The molecule has 180 valence electrons. The zero-order valence-corrected chi connectivity index (χ0v) is 20.5. The molecular formula is C27H27ClN4O3. The number of rotatable bonds is 6. The number of benzene rings is 3. The smallest absolute Gasteiger partial charge is 0.198 e. The number of morpholine rings is 1. The number of anilines is 3. The fraction of sp³-hybridized carbons (Fsp3) is 0.259. The Balaban J connectivity index is 1.63. The molecule has 8 heteroatoms. The molecule has 0 aliphatic carbocycles. The Labute approximate surface area is 210 Å². The van der Waals surface area contributed by atoms with Crippen LogP contribution in [0, 0.1) is 0 Å². The van der Waals surface area contributed by atoms with Gasteiger partial charge in [0, 0.05) is 31.3 Å². The maximum atomic E-state index is 12.9. The van der Waals surface area contributed by atoms with E-state index in [9.17, 15) is 4.79 Å². The Bertz CT molecular complexity index is 1240. The summed E-state index contributed by atoms with van der Waals surface area (Å²) in [5, 5.41) is 7.27. The Morgan fingerprint density at radius 3 is 2.40 bits per heavy atom. The summed E-state index contributed by atoms with van der Waals surface area (Å²) in [7, 11) is 1.64. The van der Waals surface area contributed by atoms with Crippen LogP contribution < -0.4 is 19.5 Å². The Morgan fingerprint density at radius 1 is 1.00 bits per heavy atom. The van der Waals surface area contributed by atoms with E-state index in [2.05, 4.69) is 4.90 Å². The van der Waals surface area contributed by atoms with Crippen LogP contribution in [0.5, 0.6) is 5.75 Å². The second kappa shape index (κ2) is 9.98. The van der Waals surface area contributed by atoms with Crippen LogP contribution in [0.2, 0.25) is 5.02 Å². The van der Waals surface area contributed by atoms with Gasteiger partial charge in [-0.05, 0) is 36.4 Å². The predicted molar refractivity (Wildman–Crippen MR) is 140 cm³/mol. The first-order valence-corrected chi connectivity index (χ1v) is 11.9. The molecule has 2 heterocycles. The molecule has 0 N–H and O–H groups in total. The highest BCUT2D eigenvalue weighted by atomic mass is 35.5. The van der Waals surface area contributed by atoms with Crippen molar-refractivity contribution in [2.45, 2.75) is 13.1 Å². The van der Waals surface area contributed by atoms with Crippen LogP contribution in [0.4, 0.5) is 17.1 Å². The minimum atomic E-state index is -0.447. The van der Waals surface area contributed by atoms with Crippen molar-refractivity contribution in [3.8, 4) is 5.75 Å². The van der Waals surface area contributed by atoms with Crippen LogP contribution in [-0.2, 0) is 9.53 Å². The fourth-order valence-corrected chi connectivity index (χ4v) is 4.86. The number of carbonyl (C=O) groups is 1. The zero-order chi connectivity index (χ0) is 24.4. The van der Waals surface area contributed by atoms with Gasteiger partial charge in [0.25, 0.3) is 0 Å². The molecular weight excluding hydrogens is 464 g/mol. The molecule has 0 saturated carbocycles. The molecule has 7 nitrogen and oxygen atoms in total. The summed E-state index contributed by atoms with van der Waals surface area (Å²) in [6.45, 7) is 4.45. The van der Waals surface area contributed by atoms with Gasteiger partial charge in [-0.15, -0.1) is 5.10 Å². The van der Waals surface area contributed by atoms with Crippen LogP contribution in [0.1, 0.15) is 18.7 Å². The molecule has 1 fully saturated rings. The monoisotopic (exact) mass is 490 g/mol. The minimum Gasteiger partial charge on any atom is -0.496 e. The standard InChI is InChI=1S/C27H27ClN4O3/c1-19(33)26-29-32(20-8-4-3-5-9-20)27(22-10-6-7-11-25(22)34-2)31(26)21-12-13-24(23(28)18-21)30-14-16-35-17-15-30/h3-13,18,27H,14-17H2,1-2H3/t27-/m0/s1. The number of hydrogen-bond donors (Lipinski definition) is 0. The average Bonchev–Trinajstić information content (AvgIpc) is 3.30. The number of Topliss-reactive ketones (excluding diaryl/α,β-unsaturated/α-hetero) is 1. The quantitative estimate of drug-likeness (QED) is 0.478. The summed E-state index contributed by atoms with van der Waals surface area (Å²) < 4.78 is 11.2. The number of carbonyl (C=O) groups excluding carboxylic acids is 1. The highest BCUT2D eigenvalue weighted by Gasteiger charge is 2.40. The number of hydrazone groups is 1. The lowest BCUT2D eigenvalue weighted by molar-refractivity contribution is -0.111. The van der Waals surface area contributed by atoms with Gasteiger partial charge in [0.2, 0.25) is 0 Å². The molecule has 0 aromatic heterocycles. The van der Waals surface area contributed by atoms with Gasteiger partial charge in [0.1, 0.15) is 5.75 Å². The van der Waals surface area contributed by atoms with Crippen LogP contribution in [-0.4, -0.2) is 45.0 Å². The van der Waals surface area contributed by atoms with Gasteiger partial charge < -0.3 is 14.4 Å². The van der Waals surface area contributed by atoms with Gasteiger partial charge in [-0.25, -0.2) is 5.01 Å². The minimum absolute atomic E-state index is 0.142. The van der Waals surface area contributed by atoms with E-state index in [1.807, 2.05) is 82.7 Å². The summed E-state index contributed by atoms with van der Waals surface area (Å²) in [6.07, 6.45) is -0.447. The van der Waals surface area contributed by atoms with Gasteiger partial charge in [0.05, 0.1) is 36.7 Å². The van der Waals surface area contributed by atoms with E-state index in [4.69, 9.17) is 26.2 Å². The van der Waals surface area contributed by atoms with Crippen LogP contribution in [0.3, 0.4) is 0 Å². The van der Waals surface area contributed by atoms with E-state index in [1.54, 1.807) is 7.11 Å². The third kappa shape index (κ3) is 4.45. The molecule has 2 aliphatic rings. The van der Waals surface area contributed by atoms with Crippen LogP contribution >= 0.6 is 11.6 Å². The van der Waals surface area contributed by atoms with Gasteiger partial charge in [-0.3, -0.25) is 9.69 Å². The zero-order valence-electron chi connectivity index (χ0n) is 19.7. The van der Waals surface area contributed by atoms with Crippen LogP contribution in [0.15, 0.2) is 77.9 Å². The predicted octanol–water partition coefficient (Wildman–Crippen LogP) is 5.11. The Hall–Kier alpha value is -3.55. The summed E-state index contributed by atoms with van der Waals surface area (Å²) in [5.41, 5.74) is 3.47. The van der Waals surface area contributed by atoms with Crippen molar-refractivity contribution in [2.24, 2.45) is 5.10 Å². The lowest BCUT2D eigenvalue weighted by atomic mass is 10.1. The summed E-state index contributed by atoms with van der Waals surface area (Å²) >= 11 is 6.80. The van der Waals surface area contributed by atoms with E-state index in [1.165, 1.54) is 6.92 Å². The largest absolute Gasteiger partial charge is 0.496 e. The number of amidine groups is 1. The van der Waals surface area contributed by atoms with E-state index in [0.29, 0.717) is 29.8 Å². The molecule has 1 saturated heterocycles. The molecule has 3 aromatic carbocycles. The number of ether oxygens (including phenoxy) is 2. The van der Waals surface area contributed by atoms with E-state index < -0.39 is 6.17 Å². The first-order valence-electron chi connectivity index (χ1n) is 11.6. The van der Waals surface area contributed by atoms with Crippen molar-refractivity contribution in [3.63, 3.8) is 0 Å². The number of ketones is 1. The highest BCUT2D eigenvalue weighted by molar-refractivity contribution is 6.44. The third-order valence-corrected chi connectivity index (χ3v) is 6.52. The summed E-state index contributed by atoms with van der Waals surface area (Å²) in [6, 6.07) is 23.5. The maximum Gasteiger partial charge on any atom is 0.198 e. The fourth-order valence-electron chi connectivity index (χ4n) is 4.57. The second-order valence-corrected chi connectivity index (χ2v) is 8.79. The normalized spacial score (nSPS) is 18.0. The van der Waals surface area contributed by atoms with E-state index >= 15 is 0 Å². The first kappa shape index (κ1) is 23.2. The SMILES string of the molecule is COc1ccccc1[C@@H]1N(c2ccccc2)N=C(C(C)=O)N1c1ccc(N2CCOCC2)c(Cl)c1. The number of halogens is 1. The van der Waals surface area contributed by atoms with Gasteiger partial charge in [-0.2, -0.15) is 0 Å². The molecule has 5 rings (SSSR count).